The van der Waals surface area contributed by atoms with E-state index in [0.29, 0.717) is 0 Å². The van der Waals surface area contributed by atoms with Crippen LogP contribution in [0.1, 0.15) is 0 Å². The third-order valence-electron chi connectivity index (χ3n) is 1.17. The molecule has 0 aliphatic rings. The maximum Gasteiger partial charge on any atom is 0.410 e. The minimum Gasteiger partial charge on any atom is -0.385 e. The minimum absolute atomic E-state index is 1.12. The number of hydrogen-bond acceptors (Lipinski definition) is 2. The molecular formula is C6H10F6O2Si. The average molecular weight is 256 g/mol. The van der Waals surface area contributed by atoms with Gasteiger partial charge in [-0.1, -0.05) is 0 Å². The standard InChI is InChI=1S/C6H10F6O2Si/c1-15(2,13-3-5(7,8)9)14-4-6(10,11)12/h3-4H2,1-2H3. The average Bonchev–Trinajstić information content (AvgIpc) is 1.96. The fourth-order valence-corrected chi connectivity index (χ4v) is 1.66. The number of alkyl halides is 6. The van der Waals surface area contributed by atoms with Crippen LogP contribution in [0.3, 0.4) is 0 Å². The number of hydrogen-bond donors (Lipinski definition) is 0. The maximum atomic E-state index is 11.7. The van der Waals surface area contributed by atoms with Crippen molar-refractivity contribution in [3.8, 4) is 0 Å². The van der Waals surface area contributed by atoms with Crippen LogP contribution in [0.25, 0.3) is 0 Å². The van der Waals surface area contributed by atoms with Gasteiger partial charge in [0.1, 0.15) is 13.2 Å². The summed E-state index contributed by atoms with van der Waals surface area (Å²) in [6.45, 7) is -0.955. The third-order valence-corrected chi connectivity index (χ3v) is 2.85. The second kappa shape index (κ2) is 4.70. The zero-order chi connectivity index (χ0) is 12.3. The van der Waals surface area contributed by atoms with Crippen molar-refractivity contribution in [2.24, 2.45) is 0 Å². The first-order valence-electron chi connectivity index (χ1n) is 3.83. The summed E-state index contributed by atoms with van der Waals surface area (Å²) in [5.41, 5.74) is 0. The Morgan fingerprint density at radius 1 is 0.800 bits per heavy atom. The Bertz CT molecular complexity index is 179. The van der Waals surface area contributed by atoms with Crippen molar-refractivity contribution in [2.75, 3.05) is 13.2 Å². The van der Waals surface area contributed by atoms with Gasteiger partial charge in [-0.3, -0.25) is 0 Å². The van der Waals surface area contributed by atoms with Crippen LogP contribution in [0.5, 0.6) is 0 Å². The summed E-state index contributed by atoms with van der Waals surface area (Å²) < 4.78 is 78.6. The summed E-state index contributed by atoms with van der Waals surface area (Å²) >= 11 is 0. The summed E-state index contributed by atoms with van der Waals surface area (Å²) in [4.78, 5) is 0. The molecule has 0 aromatic heterocycles. The van der Waals surface area contributed by atoms with Crippen LogP contribution in [0.15, 0.2) is 0 Å². The molecule has 2 nitrogen and oxygen atoms in total. The van der Waals surface area contributed by atoms with Crippen molar-refractivity contribution in [3.05, 3.63) is 0 Å². The van der Waals surface area contributed by atoms with Gasteiger partial charge in [0.2, 0.25) is 0 Å². The fourth-order valence-electron chi connectivity index (χ4n) is 0.553. The molecule has 0 spiro atoms. The smallest absolute Gasteiger partial charge is 0.385 e. The van der Waals surface area contributed by atoms with E-state index in [0.717, 1.165) is 13.1 Å². The van der Waals surface area contributed by atoms with E-state index in [9.17, 15) is 26.3 Å². The molecule has 0 aromatic carbocycles. The molecule has 0 aromatic rings. The highest BCUT2D eigenvalue weighted by Gasteiger charge is 2.37. The molecule has 0 N–H and O–H groups in total. The van der Waals surface area contributed by atoms with Crippen LogP contribution < -0.4 is 0 Å². The molecule has 0 amide bonds. The van der Waals surface area contributed by atoms with E-state index in [1.54, 1.807) is 0 Å². The van der Waals surface area contributed by atoms with Gasteiger partial charge in [0.25, 0.3) is 0 Å². The van der Waals surface area contributed by atoms with Gasteiger partial charge in [0, 0.05) is 0 Å². The van der Waals surface area contributed by atoms with Crippen LogP contribution in [-0.4, -0.2) is 34.1 Å². The Balaban J connectivity index is 3.98. The van der Waals surface area contributed by atoms with Crippen molar-refractivity contribution >= 4 is 8.56 Å². The summed E-state index contributed by atoms with van der Waals surface area (Å²) in [6, 6.07) is 0. The van der Waals surface area contributed by atoms with Gasteiger partial charge in [0.15, 0.2) is 0 Å². The van der Waals surface area contributed by atoms with Crippen molar-refractivity contribution in [2.45, 2.75) is 25.4 Å². The Hall–Kier alpha value is -0.283. The third kappa shape index (κ3) is 10.0. The van der Waals surface area contributed by atoms with E-state index >= 15 is 0 Å². The van der Waals surface area contributed by atoms with Crippen molar-refractivity contribution in [3.63, 3.8) is 0 Å². The highest BCUT2D eigenvalue weighted by Crippen LogP contribution is 2.21. The molecule has 0 bridgehead atoms. The number of rotatable bonds is 4. The van der Waals surface area contributed by atoms with Crippen molar-refractivity contribution in [1.82, 2.24) is 0 Å². The zero-order valence-electron chi connectivity index (χ0n) is 8.00. The molecular weight excluding hydrogens is 246 g/mol. The molecule has 9 heteroatoms. The Morgan fingerprint density at radius 2 is 1.07 bits per heavy atom. The Kier molecular flexibility index (Phi) is 4.61. The zero-order valence-corrected chi connectivity index (χ0v) is 9.00. The van der Waals surface area contributed by atoms with Crippen LogP contribution in [0.4, 0.5) is 26.3 Å². The molecule has 0 radical (unpaired) electrons. The Labute approximate surface area is 83.4 Å². The molecule has 92 valence electrons. The maximum absolute atomic E-state index is 11.7. The predicted molar refractivity (Wildman–Crippen MR) is 41.5 cm³/mol. The molecule has 0 fully saturated rings. The highest BCUT2D eigenvalue weighted by molar-refractivity contribution is 6.64. The van der Waals surface area contributed by atoms with E-state index in [2.05, 4.69) is 8.85 Å². The second-order valence-corrected chi connectivity index (χ2v) is 6.58. The first-order chi connectivity index (χ1) is 6.41. The van der Waals surface area contributed by atoms with E-state index in [4.69, 9.17) is 0 Å². The van der Waals surface area contributed by atoms with Crippen LogP contribution >= 0.6 is 0 Å². The van der Waals surface area contributed by atoms with Gasteiger partial charge in [-0.2, -0.15) is 26.3 Å². The Morgan fingerprint density at radius 3 is 1.27 bits per heavy atom. The molecule has 0 aliphatic heterocycles. The summed E-state index contributed by atoms with van der Waals surface area (Å²) in [7, 11) is -3.36. The van der Waals surface area contributed by atoms with E-state index in [1.165, 1.54) is 0 Å². The monoisotopic (exact) mass is 256 g/mol. The highest BCUT2D eigenvalue weighted by atomic mass is 28.4. The summed E-state index contributed by atoms with van der Waals surface area (Å²) in [5, 5.41) is 0. The lowest BCUT2D eigenvalue weighted by molar-refractivity contribution is -0.171. The number of halogens is 6. The largest absolute Gasteiger partial charge is 0.410 e. The first kappa shape index (κ1) is 14.7. The first-order valence-corrected chi connectivity index (χ1v) is 6.64. The lowest BCUT2D eigenvalue weighted by Crippen LogP contribution is -2.41. The molecule has 15 heavy (non-hydrogen) atoms. The van der Waals surface area contributed by atoms with E-state index in [-0.39, 0.29) is 0 Å². The van der Waals surface area contributed by atoms with E-state index in [1.807, 2.05) is 0 Å². The molecule has 0 atom stereocenters. The van der Waals surface area contributed by atoms with Gasteiger partial charge >= 0.3 is 20.9 Å². The van der Waals surface area contributed by atoms with Gasteiger partial charge in [0.05, 0.1) is 0 Å². The lowest BCUT2D eigenvalue weighted by atomic mass is 10.7. The van der Waals surface area contributed by atoms with E-state index < -0.39 is 34.1 Å². The van der Waals surface area contributed by atoms with Crippen LogP contribution in [-0.2, 0) is 8.85 Å². The SMILES string of the molecule is C[Si](C)(OCC(F)(F)F)OCC(F)(F)F. The molecule has 0 unspecified atom stereocenters. The summed E-state index contributed by atoms with van der Waals surface area (Å²) in [6.07, 6.45) is -9.13. The van der Waals surface area contributed by atoms with Crippen molar-refractivity contribution in [1.29, 1.82) is 0 Å². The molecule has 0 rings (SSSR count). The van der Waals surface area contributed by atoms with Gasteiger partial charge in [-0.15, -0.1) is 0 Å². The summed E-state index contributed by atoms with van der Waals surface area (Å²) in [5.74, 6) is 0. The molecule has 0 saturated heterocycles. The molecule has 0 saturated carbocycles. The fraction of sp³-hybridized carbons (Fsp3) is 1.00. The predicted octanol–water partition coefficient (Wildman–Crippen LogP) is 2.85. The van der Waals surface area contributed by atoms with Gasteiger partial charge in [-0.05, 0) is 13.1 Å². The van der Waals surface area contributed by atoms with Crippen LogP contribution in [0.2, 0.25) is 13.1 Å². The minimum atomic E-state index is -4.56. The van der Waals surface area contributed by atoms with Crippen molar-refractivity contribution < 1.29 is 35.2 Å². The van der Waals surface area contributed by atoms with Gasteiger partial charge in [-0.25, -0.2) is 0 Å². The lowest BCUT2D eigenvalue weighted by Gasteiger charge is -2.24. The normalized spacial score (nSPS) is 14.4. The second-order valence-electron chi connectivity index (χ2n) is 3.21. The molecule has 0 aliphatic carbocycles. The topological polar surface area (TPSA) is 18.5 Å². The van der Waals surface area contributed by atoms with Gasteiger partial charge < -0.3 is 8.85 Å². The van der Waals surface area contributed by atoms with Crippen LogP contribution in [0, 0.1) is 0 Å². The quantitative estimate of drug-likeness (QED) is 0.569. The molecule has 0 heterocycles.